The van der Waals surface area contributed by atoms with Gasteiger partial charge in [0.25, 0.3) is 0 Å². The zero-order valence-corrected chi connectivity index (χ0v) is 17.9. The zero-order chi connectivity index (χ0) is 22.0. The number of anilines is 1. The minimum Gasteiger partial charge on any atom is -0.497 e. The van der Waals surface area contributed by atoms with E-state index in [2.05, 4.69) is 0 Å². The van der Waals surface area contributed by atoms with Crippen LogP contribution >= 0.6 is 0 Å². The molecule has 0 radical (unpaired) electrons. The molecule has 1 aromatic heterocycles. The number of benzene rings is 3. The lowest BCUT2D eigenvalue weighted by Crippen LogP contribution is -2.29. The van der Waals surface area contributed by atoms with Gasteiger partial charge in [-0.15, -0.1) is 0 Å². The van der Waals surface area contributed by atoms with Gasteiger partial charge in [-0.1, -0.05) is 42.5 Å². The number of hydrogen-bond donors (Lipinski definition) is 0. The van der Waals surface area contributed by atoms with Gasteiger partial charge in [0.1, 0.15) is 17.1 Å². The topological polar surface area (TPSA) is 76.8 Å². The van der Waals surface area contributed by atoms with Crippen LogP contribution in [-0.4, -0.2) is 28.1 Å². The molecule has 0 amide bonds. The molecule has 0 unspecified atom stereocenters. The summed E-state index contributed by atoms with van der Waals surface area (Å²) in [5.74, 6) is 1.16. The SMILES string of the molecule is COc1ccc(CN(c2ccc3c(C=O)c(-c4ccccc4)oc3c2)S(C)(=O)=O)cc1. The number of sulfonamides is 1. The summed E-state index contributed by atoms with van der Waals surface area (Å²) in [6.45, 7) is 0.154. The molecule has 4 aromatic rings. The summed E-state index contributed by atoms with van der Waals surface area (Å²) in [5, 5.41) is 0.635. The number of nitrogens with zero attached hydrogens (tertiary/aromatic N) is 1. The number of aldehydes is 1. The van der Waals surface area contributed by atoms with Gasteiger partial charge >= 0.3 is 0 Å². The lowest BCUT2D eigenvalue weighted by atomic mass is 10.1. The molecule has 3 aromatic carbocycles. The lowest BCUT2D eigenvalue weighted by molar-refractivity contribution is 0.112. The van der Waals surface area contributed by atoms with Crippen LogP contribution in [0.15, 0.2) is 77.2 Å². The Morgan fingerprint density at radius 1 is 1.00 bits per heavy atom. The summed E-state index contributed by atoms with van der Waals surface area (Å²) < 4.78 is 37.6. The van der Waals surface area contributed by atoms with Gasteiger partial charge in [0.15, 0.2) is 6.29 Å². The maximum Gasteiger partial charge on any atom is 0.232 e. The van der Waals surface area contributed by atoms with Gasteiger partial charge in [0.2, 0.25) is 10.0 Å². The van der Waals surface area contributed by atoms with Crippen molar-refractivity contribution in [1.29, 1.82) is 0 Å². The molecule has 4 rings (SSSR count). The first kappa shape index (κ1) is 20.7. The molecule has 0 fully saturated rings. The molecule has 0 aliphatic rings. The van der Waals surface area contributed by atoms with E-state index in [-0.39, 0.29) is 6.54 Å². The van der Waals surface area contributed by atoms with Crippen LogP contribution in [0.4, 0.5) is 5.69 Å². The maximum absolute atomic E-state index is 12.6. The number of carbonyl (C=O) groups excluding carboxylic acids is 1. The number of hydrogen-bond acceptors (Lipinski definition) is 5. The van der Waals surface area contributed by atoms with Crippen LogP contribution in [0.5, 0.6) is 5.75 Å². The fourth-order valence-electron chi connectivity index (χ4n) is 3.48. The summed E-state index contributed by atoms with van der Waals surface area (Å²) in [7, 11) is -1.99. The Kier molecular flexibility index (Phi) is 5.52. The second kappa shape index (κ2) is 8.28. The van der Waals surface area contributed by atoms with Crippen molar-refractivity contribution in [1.82, 2.24) is 0 Å². The molecule has 0 N–H and O–H groups in total. The van der Waals surface area contributed by atoms with Crippen LogP contribution < -0.4 is 9.04 Å². The second-order valence-corrected chi connectivity index (χ2v) is 9.03. The number of methoxy groups -OCH3 is 1. The highest BCUT2D eigenvalue weighted by molar-refractivity contribution is 7.92. The normalized spacial score (nSPS) is 11.4. The van der Waals surface area contributed by atoms with E-state index in [4.69, 9.17) is 9.15 Å². The number of fused-ring (bicyclic) bond motifs is 1. The molecule has 7 heteroatoms. The van der Waals surface area contributed by atoms with Crippen molar-refractivity contribution in [3.05, 3.63) is 83.9 Å². The smallest absolute Gasteiger partial charge is 0.232 e. The first-order valence-corrected chi connectivity index (χ1v) is 11.4. The van der Waals surface area contributed by atoms with E-state index >= 15 is 0 Å². The van der Waals surface area contributed by atoms with Crippen molar-refractivity contribution in [3.63, 3.8) is 0 Å². The number of carbonyl (C=O) groups is 1. The Balaban J connectivity index is 1.77. The highest BCUT2D eigenvalue weighted by Gasteiger charge is 2.21. The largest absolute Gasteiger partial charge is 0.497 e. The van der Waals surface area contributed by atoms with Gasteiger partial charge in [-0.05, 0) is 29.8 Å². The third kappa shape index (κ3) is 4.18. The monoisotopic (exact) mass is 435 g/mol. The van der Waals surface area contributed by atoms with E-state index < -0.39 is 10.0 Å². The fourth-order valence-corrected chi connectivity index (χ4v) is 4.36. The molecule has 0 atom stereocenters. The van der Waals surface area contributed by atoms with Crippen molar-refractivity contribution < 1.29 is 22.4 Å². The summed E-state index contributed by atoms with van der Waals surface area (Å²) in [5.41, 5.74) is 2.93. The first-order chi connectivity index (χ1) is 14.9. The van der Waals surface area contributed by atoms with Crippen LogP contribution in [0.25, 0.3) is 22.3 Å². The molecule has 0 spiro atoms. The number of ether oxygens (including phenoxy) is 1. The van der Waals surface area contributed by atoms with E-state index in [1.54, 1.807) is 37.4 Å². The molecular weight excluding hydrogens is 414 g/mol. The summed E-state index contributed by atoms with van der Waals surface area (Å²) in [6, 6.07) is 21.6. The van der Waals surface area contributed by atoms with Crippen molar-refractivity contribution in [2.45, 2.75) is 6.54 Å². The quantitative estimate of drug-likeness (QED) is 0.387. The third-order valence-electron chi connectivity index (χ3n) is 5.04. The second-order valence-electron chi connectivity index (χ2n) is 7.13. The molecule has 0 saturated heterocycles. The van der Waals surface area contributed by atoms with Gasteiger partial charge in [-0.2, -0.15) is 0 Å². The molecule has 158 valence electrons. The van der Waals surface area contributed by atoms with Crippen LogP contribution in [0.2, 0.25) is 0 Å². The van der Waals surface area contributed by atoms with Crippen molar-refractivity contribution >= 4 is 33.0 Å². The van der Waals surface area contributed by atoms with Gasteiger partial charge in [0, 0.05) is 17.0 Å². The van der Waals surface area contributed by atoms with Crippen LogP contribution in [-0.2, 0) is 16.6 Å². The summed E-state index contributed by atoms with van der Waals surface area (Å²) in [6.07, 6.45) is 1.93. The van der Waals surface area contributed by atoms with E-state index in [1.165, 1.54) is 4.31 Å². The lowest BCUT2D eigenvalue weighted by Gasteiger charge is -2.22. The van der Waals surface area contributed by atoms with E-state index in [9.17, 15) is 13.2 Å². The minimum atomic E-state index is -3.57. The highest BCUT2D eigenvalue weighted by atomic mass is 32.2. The molecule has 0 aliphatic heterocycles. The molecule has 0 aliphatic carbocycles. The maximum atomic E-state index is 12.6. The molecule has 0 bridgehead atoms. The fraction of sp³-hybridized carbons (Fsp3) is 0.125. The Bertz CT molecular complexity index is 1330. The Morgan fingerprint density at radius 2 is 1.71 bits per heavy atom. The van der Waals surface area contributed by atoms with Gasteiger partial charge < -0.3 is 9.15 Å². The zero-order valence-electron chi connectivity index (χ0n) is 17.1. The number of furan rings is 1. The predicted molar refractivity (Wildman–Crippen MR) is 121 cm³/mol. The number of rotatable bonds is 7. The van der Waals surface area contributed by atoms with Gasteiger partial charge in [-0.25, -0.2) is 8.42 Å². The predicted octanol–water partition coefficient (Wildman–Crippen LogP) is 4.89. The van der Waals surface area contributed by atoms with E-state index in [0.29, 0.717) is 33.7 Å². The van der Waals surface area contributed by atoms with Gasteiger partial charge in [-0.3, -0.25) is 9.10 Å². The standard InChI is InChI=1S/C24H21NO5S/c1-29-20-11-8-17(9-12-20)15-25(31(2,27)28)19-10-13-21-22(16-26)24(30-23(21)14-19)18-6-4-3-5-7-18/h3-14,16H,15H2,1-2H3. The third-order valence-corrected chi connectivity index (χ3v) is 6.18. The first-order valence-electron chi connectivity index (χ1n) is 9.58. The molecule has 6 nitrogen and oxygen atoms in total. The minimum absolute atomic E-state index is 0.154. The Morgan fingerprint density at radius 3 is 2.32 bits per heavy atom. The highest BCUT2D eigenvalue weighted by Crippen LogP contribution is 2.35. The molecule has 31 heavy (non-hydrogen) atoms. The average molecular weight is 436 g/mol. The summed E-state index contributed by atoms with van der Waals surface area (Å²) >= 11 is 0. The van der Waals surface area contributed by atoms with Crippen molar-refractivity contribution in [2.24, 2.45) is 0 Å². The average Bonchev–Trinajstić information content (AvgIpc) is 3.15. The van der Waals surface area contributed by atoms with Gasteiger partial charge in [0.05, 0.1) is 31.2 Å². The van der Waals surface area contributed by atoms with E-state index in [0.717, 1.165) is 23.7 Å². The van der Waals surface area contributed by atoms with E-state index in [1.807, 2.05) is 42.5 Å². The Hall–Kier alpha value is -3.58. The molecule has 0 saturated carbocycles. The van der Waals surface area contributed by atoms with Crippen LogP contribution in [0.3, 0.4) is 0 Å². The molecule has 1 heterocycles. The molecular formula is C24H21NO5S. The van der Waals surface area contributed by atoms with Crippen LogP contribution in [0.1, 0.15) is 15.9 Å². The van der Waals surface area contributed by atoms with Crippen molar-refractivity contribution in [2.75, 3.05) is 17.7 Å². The Labute approximate surface area is 180 Å². The van der Waals surface area contributed by atoms with Crippen LogP contribution in [0, 0.1) is 0 Å². The summed E-state index contributed by atoms with van der Waals surface area (Å²) in [4.78, 5) is 11.8. The van der Waals surface area contributed by atoms with Crippen molar-refractivity contribution in [3.8, 4) is 17.1 Å².